The number of esters is 1. The lowest BCUT2D eigenvalue weighted by atomic mass is 9.81. The third-order valence-electron chi connectivity index (χ3n) is 6.88. The van der Waals surface area contributed by atoms with Crippen LogP contribution in [0, 0.1) is 17.6 Å². The zero-order chi connectivity index (χ0) is 25.8. The van der Waals surface area contributed by atoms with Gasteiger partial charge in [0.1, 0.15) is 23.1 Å². The molecule has 2 fully saturated rings. The van der Waals surface area contributed by atoms with Gasteiger partial charge in [-0.15, -0.1) is 0 Å². The molecule has 2 aliphatic carbocycles. The number of rotatable bonds is 11. The van der Waals surface area contributed by atoms with Crippen LogP contribution in [0.2, 0.25) is 0 Å². The molecule has 0 spiro atoms. The molecule has 0 aliphatic heterocycles. The molecule has 8 nitrogen and oxygen atoms in total. The Labute approximate surface area is 213 Å². The van der Waals surface area contributed by atoms with E-state index in [1.807, 2.05) is 0 Å². The molecule has 194 valence electrons. The van der Waals surface area contributed by atoms with Gasteiger partial charge < -0.3 is 14.0 Å². The average molecular weight is 511 g/mol. The van der Waals surface area contributed by atoms with Crippen molar-refractivity contribution in [3.05, 3.63) is 59.2 Å². The van der Waals surface area contributed by atoms with Crippen LogP contribution in [0.1, 0.15) is 72.7 Å². The number of ether oxygens (including phenoxy) is 2. The summed E-state index contributed by atoms with van der Waals surface area (Å²) in [5.74, 6) is -0.147. The van der Waals surface area contributed by atoms with E-state index in [1.54, 1.807) is 6.21 Å². The van der Waals surface area contributed by atoms with E-state index in [0.29, 0.717) is 29.5 Å². The van der Waals surface area contributed by atoms with Gasteiger partial charge in [-0.25, -0.2) is 28.5 Å². The lowest BCUT2D eigenvalue weighted by molar-refractivity contribution is 0.0201. The number of halogens is 2. The van der Waals surface area contributed by atoms with E-state index < -0.39 is 17.6 Å². The van der Waals surface area contributed by atoms with Gasteiger partial charge in [0.25, 0.3) is 0 Å². The summed E-state index contributed by atoms with van der Waals surface area (Å²) in [5.41, 5.74) is 0.679. The van der Waals surface area contributed by atoms with Gasteiger partial charge in [-0.1, -0.05) is 30.5 Å². The third kappa shape index (κ3) is 5.90. The number of carbonyl (C=O) groups excluding carboxylic acids is 1. The average Bonchev–Trinajstić information content (AvgIpc) is 3.64. The van der Waals surface area contributed by atoms with Crippen LogP contribution in [-0.2, 0) is 16.1 Å². The van der Waals surface area contributed by atoms with Crippen LogP contribution in [0.15, 0.2) is 40.1 Å². The zero-order valence-electron chi connectivity index (χ0n) is 20.5. The van der Waals surface area contributed by atoms with Crippen molar-refractivity contribution in [2.75, 3.05) is 7.11 Å². The number of hydrogen-bond acceptors (Lipinski definition) is 8. The van der Waals surface area contributed by atoms with Crippen LogP contribution in [0.4, 0.5) is 14.6 Å². The van der Waals surface area contributed by atoms with E-state index in [9.17, 15) is 13.6 Å². The number of aromatic nitrogens is 3. The Bertz CT molecular complexity index is 1250. The van der Waals surface area contributed by atoms with Gasteiger partial charge in [-0.05, 0) is 37.3 Å². The molecule has 3 aromatic rings. The molecular formula is C27H28F2N4O4. The number of methoxy groups -OCH3 is 1. The molecule has 0 bridgehead atoms. The van der Waals surface area contributed by atoms with Gasteiger partial charge in [0, 0.05) is 24.1 Å². The van der Waals surface area contributed by atoms with E-state index >= 15 is 0 Å². The van der Waals surface area contributed by atoms with Gasteiger partial charge in [0.05, 0.1) is 37.8 Å². The lowest BCUT2D eigenvalue weighted by Gasteiger charge is -2.29. The van der Waals surface area contributed by atoms with E-state index in [2.05, 4.69) is 24.9 Å². The number of aliphatic imine (C=N–C) groups is 1. The standard InChI is InChI=1S/C27H28F2N4O4/c1-35-27(34)22-13-32-23(14-31-22)30-11-10-18(12-16-4-2-5-16)36-15-19-25(33-37-26(19)17-8-9-17)24-20(28)6-3-7-21(24)29/h3,6-7,11,13-14,16-18H,2,4-5,8-10,12,15H2,1H3. The monoisotopic (exact) mass is 510 g/mol. The van der Waals surface area contributed by atoms with Gasteiger partial charge in [-0.2, -0.15) is 0 Å². The Morgan fingerprint density at radius 3 is 2.59 bits per heavy atom. The Balaban J connectivity index is 1.31. The Hall–Kier alpha value is -3.53. The molecule has 37 heavy (non-hydrogen) atoms. The summed E-state index contributed by atoms with van der Waals surface area (Å²) < 4.78 is 45.6. The van der Waals surface area contributed by atoms with Crippen LogP contribution in [0.25, 0.3) is 11.3 Å². The van der Waals surface area contributed by atoms with Crippen LogP contribution in [0.5, 0.6) is 0 Å². The SMILES string of the molecule is COC(=O)c1cnc(N=CCC(CC2CCC2)OCc2c(-c3c(F)cccc3F)noc2C2CC2)cn1. The zero-order valence-corrected chi connectivity index (χ0v) is 20.5. The van der Waals surface area contributed by atoms with Crippen molar-refractivity contribution in [1.29, 1.82) is 0 Å². The first-order valence-electron chi connectivity index (χ1n) is 12.5. The molecule has 1 unspecified atom stereocenters. The molecule has 2 aromatic heterocycles. The molecule has 2 heterocycles. The van der Waals surface area contributed by atoms with Gasteiger partial charge in [0.2, 0.25) is 0 Å². The Morgan fingerprint density at radius 2 is 1.97 bits per heavy atom. The fraction of sp³-hybridized carbons (Fsp3) is 0.444. The van der Waals surface area contributed by atoms with Crippen molar-refractivity contribution < 1.29 is 27.6 Å². The summed E-state index contributed by atoms with van der Waals surface area (Å²) in [5, 5.41) is 4.05. The Morgan fingerprint density at radius 1 is 1.19 bits per heavy atom. The topological polar surface area (TPSA) is 99.7 Å². The van der Waals surface area contributed by atoms with Crippen molar-refractivity contribution in [2.45, 2.75) is 63.6 Å². The molecule has 0 radical (unpaired) electrons. The number of benzene rings is 1. The number of carbonyl (C=O) groups is 1. The summed E-state index contributed by atoms with van der Waals surface area (Å²) in [6, 6.07) is 3.75. The second-order valence-electron chi connectivity index (χ2n) is 9.51. The maximum Gasteiger partial charge on any atom is 0.358 e. The maximum absolute atomic E-state index is 14.6. The molecule has 0 amide bonds. The van der Waals surface area contributed by atoms with Crippen molar-refractivity contribution in [1.82, 2.24) is 15.1 Å². The van der Waals surface area contributed by atoms with Crippen LogP contribution < -0.4 is 0 Å². The van der Waals surface area contributed by atoms with Gasteiger partial charge >= 0.3 is 5.97 Å². The van der Waals surface area contributed by atoms with Crippen LogP contribution >= 0.6 is 0 Å². The fourth-order valence-electron chi connectivity index (χ4n) is 4.44. The molecule has 10 heteroatoms. The van der Waals surface area contributed by atoms with Crippen molar-refractivity contribution in [3.63, 3.8) is 0 Å². The quantitative estimate of drug-likeness (QED) is 0.232. The first-order chi connectivity index (χ1) is 18.0. The molecule has 1 atom stereocenters. The fourth-order valence-corrected chi connectivity index (χ4v) is 4.44. The summed E-state index contributed by atoms with van der Waals surface area (Å²) >= 11 is 0. The van der Waals surface area contributed by atoms with Crippen molar-refractivity contribution >= 4 is 18.0 Å². The highest BCUT2D eigenvalue weighted by Gasteiger charge is 2.34. The third-order valence-corrected chi connectivity index (χ3v) is 6.88. The smallest absolute Gasteiger partial charge is 0.358 e. The van der Waals surface area contributed by atoms with E-state index in [0.717, 1.165) is 32.1 Å². The highest BCUT2D eigenvalue weighted by atomic mass is 19.1. The second kappa shape index (κ2) is 11.2. The first kappa shape index (κ1) is 25.1. The largest absolute Gasteiger partial charge is 0.464 e. The second-order valence-corrected chi connectivity index (χ2v) is 9.51. The normalized spacial score (nSPS) is 16.6. The van der Waals surface area contributed by atoms with Crippen molar-refractivity contribution in [3.8, 4) is 11.3 Å². The first-order valence-corrected chi connectivity index (χ1v) is 12.5. The lowest BCUT2D eigenvalue weighted by Crippen LogP contribution is -2.22. The van der Waals surface area contributed by atoms with E-state index in [4.69, 9.17) is 9.26 Å². The summed E-state index contributed by atoms with van der Waals surface area (Å²) in [6.07, 6.45) is 11.1. The number of nitrogens with zero attached hydrogens (tertiary/aromatic N) is 4. The van der Waals surface area contributed by atoms with Crippen LogP contribution in [-0.4, -0.2) is 40.5 Å². The van der Waals surface area contributed by atoms with Crippen molar-refractivity contribution in [2.24, 2.45) is 10.9 Å². The molecule has 2 aliphatic rings. The summed E-state index contributed by atoms with van der Waals surface area (Å²) in [7, 11) is 1.28. The van der Waals surface area contributed by atoms with Gasteiger partial charge in [0.15, 0.2) is 11.5 Å². The minimum Gasteiger partial charge on any atom is -0.464 e. The minimum atomic E-state index is -0.686. The predicted octanol–water partition coefficient (Wildman–Crippen LogP) is 5.94. The molecule has 0 saturated heterocycles. The minimum absolute atomic E-state index is 0.106. The Kier molecular flexibility index (Phi) is 7.64. The highest BCUT2D eigenvalue weighted by molar-refractivity contribution is 5.86. The molecule has 5 rings (SSSR count). The maximum atomic E-state index is 14.6. The predicted molar refractivity (Wildman–Crippen MR) is 131 cm³/mol. The molecule has 2 saturated carbocycles. The molecular weight excluding hydrogens is 482 g/mol. The summed E-state index contributed by atoms with van der Waals surface area (Å²) in [6.45, 7) is 0.136. The van der Waals surface area contributed by atoms with Gasteiger partial charge in [-0.3, -0.25) is 0 Å². The van der Waals surface area contributed by atoms with E-state index in [-0.39, 0.29) is 35.6 Å². The molecule has 1 aromatic carbocycles. The van der Waals surface area contributed by atoms with Crippen LogP contribution in [0.3, 0.4) is 0 Å². The molecule has 0 N–H and O–H groups in total. The summed E-state index contributed by atoms with van der Waals surface area (Å²) in [4.78, 5) is 24.0. The number of hydrogen-bond donors (Lipinski definition) is 0. The highest BCUT2D eigenvalue weighted by Crippen LogP contribution is 2.45. The van der Waals surface area contributed by atoms with E-state index in [1.165, 1.54) is 44.1 Å².